The summed E-state index contributed by atoms with van der Waals surface area (Å²) in [7, 11) is 0. The highest BCUT2D eigenvalue weighted by atomic mass is 16.6. The van der Waals surface area contributed by atoms with Gasteiger partial charge in [0.05, 0.1) is 11.3 Å². The second kappa shape index (κ2) is 9.64. The lowest BCUT2D eigenvalue weighted by molar-refractivity contribution is -0.384. The minimum absolute atomic E-state index is 0.000405. The highest BCUT2D eigenvalue weighted by molar-refractivity contribution is 5.94. The molecule has 0 spiro atoms. The Bertz CT molecular complexity index is 926. The molecule has 1 aliphatic carbocycles. The van der Waals surface area contributed by atoms with Crippen molar-refractivity contribution in [3.8, 4) is 0 Å². The summed E-state index contributed by atoms with van der Waals surface area (Å²) in [6.07, 6.45) is 0.648. The number of carbonyl (C=O) groups is 3. The van der Waals surface area contributed by atoms with Crippen LogP contribution in [0.4, 0.5) is 5.69 Å². The van der Waals surface area contributed by atoms with Gasteiger partial charge in [0.25, 0.3) is 17.5 Å². The molecule has 0 heterocycles. The Morgan fingerprint density at radius 2 is 1.73 bits per heavy atom. The summed E-state index contributed by atoms with van der Waals surface area (Å²) in [5.74, 6) is -1.46. The van der Waals surface area contributed by atoms with Crippen molar-refractivity contribution < 1.29 is 24.0 Å². The number of hydrogen-bond donors (Lipinski definition) is 2. The molecule has 0 saturated heterocycles. The van der Waals surface area contributed by atoms with Crippen LogP contribution in [0, 0.1) is 10.1 Å². The lowest BCUT2D eigenvalue weighted by Crippen LogP contribution is -2.34. The second-order valence-corrected chi connectivity index (χ2v) is 6.87. The third kappa shape index (κ3) is 5.87. The maximum absolute atomic E-state index is 12.5. The van der Waals surface area contributed by atoms with Gasteiger partial charge in [-0.25, -0.2) is 0 Å². The number of carbonyl (C=O) groups excluding carboxylic acids is 3. The average molecular weight is 411 g/mol. The van der Waals surface area contributed by atoms with Gasteiger partial charge in [-0.1, -0.05) is 30.3 Å². The average Bonchev–Trinajstić information content (AvgIpc) is 3.56. The molecule has 1 fully saturated rings. The van der Waals surface area contributed by atoms with E-state index in [1.165, 1.54) is 24.3 Å². The third-order valence-corrected chi connectivity index (χ3v) is 4.47. The molecule has 0 unspecified atom stereocenters. The topological polar surface area (TPSA) is 128 Å². The summed E-state index contributed by atoms with van der Waals surface area (Å²) in [6, 6.07) is 14.0. The largest absolute Gasteiger partial charge is 0.447 e. The number of non-ortho nitro benzene ring substituents is 1. The fourth-order valence-electron chi connectivity index (χ4n) is 2.71. The van der Waals surface area contributed by atoms with Crippen LogP contribution in [0.3, 0.4) is 0 Å². The molecule has 3 rings (SSSR count). The van der Waals surface area contributed by atoms with E-state index in [2.05, 4.69) is 10.6 Å². The number of hydrogen-bond acceptors (Lipinski definition) is 6. The first-order valence-corrected chi connectivity index (χ1v) is 9.51. The SMILES string of the molecule is O=C(CCNC(=O)c1ccc([N+](=O)[O-])cc1)O[C@H](C(=O)NC1CC1)c1ccccc1. The van der Waals surface area contributed by atoms with Crippen molar-refractivity contribution in [2.24, 2.45) is 0 Å². The van der Waals surface area contributed by atoms with Gasteiger partial charge in [0, 0.05) is 35.8 Å². The molecule has 0 radical (unpaired) electrons. The van der Waals surface area contributed by atoms with Crippen molar-refractivity contribution >= 4 is 23.5 Å². The van der Waals surface area contributed by atoms with Gasteiger partial charge in [-0.3, -0.25) is 24.5 Å². The van der Waals surface area contributed by atoms with Gasteiger partial charge in [0.1, 0.15) is 0 Å². The first-order chi connectivity index (χ1) is 14.4. The summed E-state index contributed by atoms with van der Waals surface area (Å²) in [5.41, 5.74) is 0.686. The summed E-state index contributed by atoms with van der Waals surface area (Å²) in [4.78, 5) is 46.9. The van der Waals surface area contributed by atoms with Crippen molar-refractivity contribution in [1.29, 1.82) is 0 Å². The van der Waals surface area contributed by atoms with Crippen LogP contribution in [0.5, 0.6) is 0 Å². The molecular weight excluding hydrogens is 390 g/mol. The Morgan fingerprint density at radius 1 is 1.07 bits per heavy atom. The summed E-state index contributed by atoms with van der Waals surface area (Å²) in [5, 5.41) is 16.0. The zero-order valence-electron chi connectivity index (χ0n) is 16.1. The molecule has 1 saturated carbocycles. The molecule has 0 bridgehead atoms. The van der Waals surface area contributed by atoms with Crippen LogP contribution in [-0.2, 0) is 14.3 Å². The Hall–Kier alpha value is -3.75. The molecule has 0 aromatic heterocycles. The Morgan fingerprint density at radius 3 is 2.33 bits per heavy atom. The van der Waals surface area contributed by atoms with E-state index in [0.717, 1.165) is 12.8 Å². The molecule has 1 atom stereocenters. The van der Waals surface area contributed by atoms with Crippen LogP contribution in [0.2, 0.25) is 0 Å². The molecule has 2 N–H and O–H groups in total. The number of ether oxygens (including phenoxy) is 1. The molecule has 9 nitrogen and oxygen atoms in total. The molecule has 2 aromatic carbocycles. The molecular formula is C21H21N3O6. The van der Waals surface area contributed by atoms with Gasteiger partial charge in [0.2, 0.25) is 6.10 Å². The predicted octanol–water partition coefficient (Wildman–Crippen LogP) is 2.28. The van der Waals surface area contributed by atoms with E-state index in [0.29, 0.717) is 5.56 Å². The number of esters is 1. The first kappa shape index (κ1) is 21.0. The van der Waals surface area contributed by atoms with E-state index in [4.69, 9.17) is 4.74 Å². The summed E-state index contributed by atoms with van der Waals surface area (Å²) >= 11 is 0. The molecule has 2 aromatic rings. The van der Waals surface area contributed by atoms with Crippen LogP contribution in [0.25, 0.3) is 0 Å². The van der Waals surface area contributed by atoms with Crippen molar-refractivity contribution in [3.05, 3.63) is 75.8 Å². The van der Waals surface area contributed by atoms with E-state index < -0.39 is 22.9 Å². The zero-order chi connectivity index (χ0) is 21.5. The van der Waals surface area contributed by atoms with Crippen LogP contribution in [0.15, 0.2) is 54.6 Å². The van der Waals surface area contributed by atoms with E-state index >= 15 is 0 Å². The molecule has 9 heteroatoms. The van der Waals surface area contributed by atoms with Crippen molar-refractivity contribution in [1.82, 2.24) is 10.6 Å². The Kier molecular flexibility index (Phi) is 6.74. The molecule has 156 valence electrons. The number of nitrogens with zero attached hydrogens (tertiary/aromatic N) is 1. The summed E-state index contributed by atoms with van der Waals surface area (Å²) < 4.78 is 5.38. The highest BCUT2D eigenvalue weighted by Gasteiger charge is 2.30. The van der Waals surface area contributed by atoms with Gasteiger partial charge in [-0.15, -0.1) is 0 Å². The highest BCUT2D eigenvalue weighted by Crippen LogP contribution is 2.23. The van der Waals surface area contributed by atoms with E-state index in [-0.39, 0.29) is 36.2 Å². The fourth-order valence-corrected chi connectivity index (χ4v) is 2.71. The smallest absolute Gasteiger partial charge is 0.308 e. The molecule has 1 aliphatic rings. The predicted molar refractivity (Wildman–Crippen MR) is 106 cm³/mol. The molecule has 0 aliphatic heterocycles. The first-order valence-electron chi connectivity index (χ1n) is 9.51. The van der Waals surface area contributed by atoms with E-state index in [1.807, 2.05) is 0 Å². The molecule has 2 amide bonds. The van der Waals surface area contributed by atoms with Crippen molar-refractivity contribution in [2.45, 2.75) is 31.4 Å². The number of amides is 2. The fraction of sp³-hybridized carbons (Fsp3) is 0.286. The van der Waals surface area contributed by atoms with Gasteiger partial charge >= 0.3 is 5.97 Å². The van der Waals surface area contributed by atoms with Crippen LogP contribution in [0.1, 0.15) is 41.3 Å². The van der Waals surface area contributed by atoms with Crippen LogP contribution >= 0.6 is 0 Å². The maximum atomic E-state index is 12.5. The number of nitrogens with one attached hydrogen (secondary N) is 2. The summed E-state index contributed by atoms with van der Waals surface area (Å²) in [6.45, 7) is 0.000405. The van der Waals surface area contributed by atoms with Gasteiger partial charge in [-0.2, -0.15) is 0 Å². The Balaban J connectivity index is 1.51. The van der Waals surface area contributed by atoms with Crippen LogP contribution in [-0.4, -0.2) is 35.3 Å². The minimum atomic E-state index is -1.05. The van der Waals surface area contributed by atoms with Gasteiger partial charge in [-0.05, 0) is 25.0 Å². The van der Waals surface area contributed by atoms with Gasteiger partial charge < -0.3 is 15.4 Å². The van der Waals surface area contributed by atoms with Gasteiger partial charge in [0.15, 0.2) is 0 Å². The van der Waals surface area contributed by atoms with Crippen LogP contribution < -0.4 is 10.6 Å². The Labute approximate surface area is 172 Å². The monoisotopic (exact) mass is 411 g/mol. The number of rotatable bonds is 9. The maximum Gasteiger partial charge on any atom is 0.308 e. The van der Waals surface area contributed by atoms with E-state index in [1.54, 1.807) is 30.3 Å². The normalized spacial score (nSPS) is 13.7. The zero-order valence-corrected chi connectivity index (χ0v) is 16.1. The van der Waals surface area contributed by atoms with Crippen molar-refractivity contribution in [2.75, 3.05) is 6.54 Å². The number of nitro benzene ring substituents is 1. The molecule has 30 heavy (non-hydrogen) atoms. The number of benzene rings is 2. The number of nitro groups is 1. The van der Waals surface area contributed by atoms with E-state index in [9.17, 15) is 24.5 Å². The second-order valence-electron chi connectivity index (χ2n) is 6.87. The lowest BCUT2D eigenvalue weighted by atomic mass is 10.1. The quantitative estimate of drug-likeness (QED) is 0.370. The minimum Gasteiger partial charge on any atom is -0.447 e. The standard InChI is InChI=1S/C21H21N3O6/c25-18(12-13-22-20(26)15-6-10-17(11-7-15)24(28)29)30-19(14-4-2-1-3-5-14)21(27)23-16-8-9-16/h1-7,10-11,16,19H,8-9,12-13H2,(H,22,26)(H,23,27)/t19-/m0/s1. The van der Waals surface area contributed by atoms with Crippen molar-refractivity contribution in [3.63, 3.8) is 0 Å². The lowest BCUT2D eigenvalue weighted by Gasteiger charge is -2.18. The third-order valence-electron chi connectivity index (χ3n) is 4.47.